The van der Waals surface area contributed by atoms with Crippen molar-refractivity contribution in [2.45, 2.75) is 39.7 Å². The molecule has 2 rings (SSSR count). The predicted octanol–water partition coefficient (Wildman–Crippen LogP) is 3.39. The number of aryl methyl sites for hydroxylation is 2. The molecule has 0 radical (unpaired) electrons. The van der Waals surface area contributed by atoms with Gasteiger partial charge in [0.25, 0.3) is 0 Å². The van der Waals surface area contributed by atoms with E-state index in [9.17, 15) is 0 Å². The summed E-state index contributed by atoms with van der Waals surface area (Å²) in [4.78, 5) is 0. The minimum atomic E-state index is 0.378. The number of ether oxygens (including phenoxy) is 2. The Kier molecular flexibility index (Phi) is 5.44. The van der Waals surface area contributed by atoms with Gasteiger partial charge in [-0.25, -0.2) is 0 Å². The summed E-state index contributed by atoms with van der Waals surface area (Å²) >= 11 is 0. The van der Waals surface area contributed by atoms with Crippen molar-refractivity contribution in [1.29, 1.82) is 0 Å². The van der Waals surface area contributed by atoms with Gasteiger partial charge in [0.2, 0.25) is 0 Å². The fourth-order valence-corrected chi connectivity index (χ4v) is 3.29. The van der Waals surface area contributed by atoms with E-state index in [0.29, 0.717) is 12.0 Å². The third kappa shape index (κ3) is 3.33. The zero-order valence-corrected chi connectivity index (χ0v) is 13.2. The van der Waals surface area contributed by atoms with Gasteiger partial charge in [0.05, 0.1) is 13.7 Å². The molecule has 1 N–H and O–H groups in total. The monoisotopic (exact) mass is 277 g/mol. The molecule has 3 heteroatoms. The Morgan fingerprint density at radius 2 is 2.05 bits per heavy atom. The highest BCUT2D eigenvalue weighted by Gasteiger charge is 2.25. The van der Waals surface area contributed by atoms with Crippen molar-refractivity contribution in [2.75, 3.05) is 26.9 Å². The third-order valence-electron chi connectivity index (χ3n) is 4.14. The van der Waals surface area contributed by atoms with Crippen LogP contribution in [0.5, 0.6) is 5.75 Å². The Morgan fingerprint density at radius 3 is 2.55 bits per heavy atom. The van der Waals surface area contributed by atoms with Crippen molar-refractivity contribution in [3.63, 3.8) is 0 Å². The highest BCUT2D eigenvalue weighted by atomic mass is 16.5. The fraction of sp³-hybridized carbons (Fsp3) is 0.647. The van der Waals surface area contributed by atoms with Crippen molar-refractivity contribution in [2.24, 2.45) is 5.92 Å². The van der Waals surface area contributed by atoms with E-state index in [0.717, 1.165) is 25.5 Å². The molecule has 112 valence electrons. The number of methoxy groups -OCH3 is 1. The average Bonchev–Trinajstić information content (AvgIpc) is 2.45. The lowest BCUT2D eigenvalue weighted by Gasteiger charge is -2.31. The van der Waals surface area contributed by atoms with Crippen LogP contribution < -0.4 is 10.1 Å². The largest absolute Gasteiger partial charge is 0.496 e. The van der Waals surface area contributed by atoms with E-state index < -0.39 is 0 Å². The van der Waals surface area contributed by atoms with Gasteiger partial charge < -0.3 is 14.8 Å². The van der Waals surface area contributed by atoms with E-state index in [-0.39, 0.29) is 0 Å². The molecule has 2 unspecified atom stereocenters. The molecule has 3 nitrogen and oxygen atoms in total. The first-order valence-electron chi connectivity index (χ1n) is 7.63. The van der Waals surface area contributed by atoms with Gasteiger partial charge >= 0.3 is 0 Å². The zero-order valence-electron chi connectivity index (χ0n) is 13.2. The maximum absolute atomic E-state index is 5.67. The molecule has 1 saturated heterocycles. The number of hydrogen-bond acceptors (Lipinski definition) is 3. The van der Waals surface area contributed by atoms with Crippen LogP contribution in [0.2, 0.25) is 0 Å². The first-order valence-corrected chi connectivity index (χ1v) is 7.63. The second-order valence-electron chi connectivity index (χ2n) is 5.70. The summed E-state index contributed by atoms with van der Waals surface area (Å²) < 4.78 is 11.1. The number of hydrogen-bond donors (Lipinski definition) is 1. The number of rotatable bonds is 5. The van der Waals surface area contributed by atoms with Gasteiger partial charge in [-0.2, -0.15) is 0 Å². The SMILES string of the molecule is CCNC(c1cc(C)c(OC)c(C)c1)C1CCCOC1. The molecule has 1 fully saturated rings. The molecule has 1 aromatic rings. The van der Waals surface area contributed by atoms with Gasteiger partial charge in [0.15, 0.2) is 0 Å². The highest BCUT2D eigenvalue weighted by molar-refractivity contribution is 5.44. The molecular weight excluding hydrogens is 250 g/mol. The van der Waals surface area contributed by atoms with Crippen molar-refractivity contribution in [3.8, 4) is 5.75 Å². The molecular formula is C17H27NO2. The Labute approximate surface area is 122 Å². The molecule has 0 amide bonds. The van der Waals surface area contributed by atoms with Crippen LogP contribution in [0, 0.1) is 19.8 Å². The lowest BCUT2D eigenvalue weighted by Crippen LogP contribution is -2.33. The second-order valence-corrected chi connectivity index (χ2v) is 5.70. The molecule has 0 aliphatic carbocycles. The van der Waals surface area contributed by atoms with Gasteiger partial charge in [0, 0.05) is 18.6 Å². The molecule has 1 aromatic carbocycles. The Bertz CT molecular complexity index is 416. The van der Waals surface area contributed by atoms with E-state index >= 15 is 0 Å². The van der Waals surface area contributed by atoms with Crippen molar-refractivity contribution < 1.29 is 9.47 Å². The molecule has 0 spiro atoms. The van der Waals surface area contributed by atoms with Crippen LogP contribution in [0.25, 0.3) is 0 Å². The lowest BCUT2D eigenvalue weighted by atomic mass is 9.87. The maximum atomic E-state index is 5.67. The van der Waals surface area contributed by atoms with Crippen molar-refractivity contribution in [1.82, 2.24) is 5.32 Å². The lowest BCUT2D eigenvalue weighted by molar-refractivity contribution is 0.0392. The molecule has 20 heavy (non-hydrogen) atoms. The standard InChI is InChI=1S/C17H27NO2/c1-5-18-16(14-7-6-8-20-11-14)15-9-12(2)17(19-4)13(3)10-15/h9-10,14,16,18H,5-8,11H2,1-4H3. The molecule has 0 bridgehead atoms. The van der Waals surface area contributed by atoms with Crippen LogP contribution in [0.4, 0.5) is 0 Å². The zero-order chi connectivity index (χ0) is 14.5. The highest BCUT2D eigenvalue weighted by Crippen LogP contribution is 2.33. The van der Waals surface area contributed by atoms with Crippen LogP contribution in [-0.2, 0) is 4.74 Å². The Hall–Kier alpha value is -1.06. The van der Waals surface area contributed by atoms with E-state index in [2.05, 4.69) is 38.2 Å². The van der Waals surface area contributed by atoms with Crippen molar-refractivity contribution >= 4 is 0 Å². The van der Waals surface area contributed by atoms with E-state index in [1.54, 1.807) is 7.11 Å². The van der Waals surface area contributed by atoms with Gasteiger partial charge in [-0.1, -0.05) is 19.1 Å². The van der Waals surface area contributed by atoms with Crippen LogP contribution >= 0.6 is 0 Å². The maximum Gasteiger partial charge on any atom is 0.124 e. The summed E-state index contributed by atoms with van der Waals surface area (Å²) in [5.41, 5.74) is 3.78. The summed E-state index contributed by atoms with van der Waals surface area (Å²) in [6, 6.07) is 4.89. The Morgan fingerprint density at radius 1 is 1.35 bits per heavy atom. The van der Waals surface area contributed by atoms with Gasteiger partial charge in [-0.3, -0.25) is 0 Å². The molecule has 2 atom stereocenters. The minimum absolute atomic E-state index is 0.378. The van der Waals surface area contributed by atoms with E-state index in [4.69, 9.17) is 9.47 Å². The summed E-state index contributed by atoms with van der Waals surface area (Å²) in [5, 5.41) is 3.64. The molecule has 1 aliphatic heterocycles. The normalized spacial score (nSPS) is 20.7. The molecule has 0 saturated carbocycles. The summed E-state index contributed by atoms with van der Waals surface area (Å²) in [5.74, 6) is 1.57. The first-order chi connectivity index (χ1) is 9.67. The quantitative estimate of drug-likeness (QED) is 0.895. The first kappa shape index (κ1) is 15.3. The Balaban J connectivity index is 2.28. The minimum Gasteiger partial charge on any atom is -0.496 e. The molecule has 0 aromatic heterocycles. The van der Waals surface area contributed by atoms with Crippen LogP contribution in [-0.4, -0.2) is 26.9 Å². The van der Waals surface area contributed by atoms with Crippen LogP contribution in [0.1, 0.15) is 42.5 Å². The number of benzene rings is 1. The average molecular weight is 277 g/mol. The second kappa shape index (κ2) is 7.09. The van der Waals surface area contributed by atoms with Gasteiger partial charge in [-0.05, 0) is 49.9 Å². The molecule has 1 aliphatic rings. The smallest absolute Gasteiger partial charge is 0.124 e. The topological polar surface area (TPSA) is 30.5 Å². The van der Waals surface area contributed by atoms with Crippen LogP contribution in [0.3, 0.4) is 0 Å². The summed E-state index contributed by atoms with van der Waals surface area (Å²) in [6.45, 7) is 9.16. The number of nitrogens with one attached hydrogen (secondary N) is 1. The predicted molar refractivity (Wildman–Crippen MR) is 82.4 cm³/mol. The summed E-state index contributed by atoms with van der Waals surface area (Å²) in [7, 11) is 1.74. The van der Waals surface area contributed by atoms with Crippen molar-refractivity contribution in [3.05, 3.63) is 28.8 Å². The molecule has 1 heterocycles. The van der Waals surface area contributed by atoms with E-state index in [1.165, 1.54) is 29.5 Å². The van der Waals surface area contributed by atoms with Gasteiger partial charge in [-0.15, -0.1) is 0 Å². The third-order valence-corrected chi connectivity index (χ3v) is 4.14. The summed E-state index contributed by atoms with van der Waals surface area (Å²) in [6.07, 6.45) is 2.41. The van der Waals surface area contributed by atoms with E-state index in [1.807, 2.05) is 0 Å². The van der Waals surface area contributed by atoms with Crippen LogP contribution in [0.15, 0.2) is 12.1 Å². The fourth-order valence-electron chi connectivity index (χ4n) is 3.29. The van der Waals surface area contributed by atoms with Gasteiger partial charge in [0.1, 0.15) is 5.75 Å².